The van der Waals surface area contributed by atoms with Crippen LogP contribution < -0.4 is 4.74 Å². The first kappa shape index (κ1) is 13.4. The highest BCUT2D eigenvalue weighted by atomic mass is 32.2. The van der Waals surface area contributed by atoms with Gasteiger partial charge in [0.15, 0.2) is 0 Å². The molecular weight excluding hydrogens is 250 g/mol. The van der Waals surface area contributed by atoms with Gasteiger partial charge in [-0.15, -0.1) is 0 Å². The molecule has 5 heteroatoms. The van der Waals surface area contributed by atoms with E-state index >= 15 is 0 Å². The van der Waals surface area contributed by atoms with Crippen LogP contribution in [0.5, 0.6) is 5.75 Å². The van der Waals surface area contributed by atoms with Crippen LogP contribution in [0.3, 0.4) is 0 Å². The summed E-state index contributed by atoms with van der Waals surface area (Å²) >= 11 is 0. The van der Waals surface area contributed by atoms with E-state index in [9.17, 15) is 8.42 Å². The molecule has 0 aromatic heterocycles. The molecule has 1 saturated heterocycles. The van der Waals surface area contributed by atoms with E-state index in [2.05, 4.69) is 0 Å². The Labute approximate surface area is 109 Å². The minimum absolute atomic E-state index is 0.396. The molecule has 4 nitrogen and oxygen atoms in total. The molecule has 1 aliphatic heterocycles. The largest absolute Gasteiger partial charge is 0.494 e. The topological polar surface area (TPSA) is 46.6 Å². The van der Waals surface area contributed by atoms with Gasteiger partial charge in [-0.3, -0.25) is 0 Å². The van der Waals surface area contributed by atoms with E-state index in [0.29, 0.717) is 24.6 Å². The Morgan fingerprint density at radius 2 is 1.94 bits per heavy atom. The van der Waals surface area contributed by atoms with Gasteiger partial charge in [0.1, 0.15) is 5.75 Å². The molecular formula is C13H19NO3S. The van der Waals surface area contributed by atoms with Crippen molar-refractivity contribution in [2.24, 2.45) is 0 Å². The summed E-state index contributed by atoms with van der Waals surface area (Å²) in [4.78, 5) is 0.396. The van der Waals surface area contributed by atoms with Crippen LogP contribution in [0.1, 0.15) is 25.3 Å². The van der Waals surface area contributed by atoms with Gasteiger partial charge in [0.05, 0.1) is 11.5 Å². The standard InChI is InChI=1S/C13H19NO3S/c1-3-17-12-6-7-13(11(2)10-12)18(15,16)14-8-4-5-9-14/h6-7,10H,3-5,8-9H2,1-2H3. The van der Waals surface area contributed by atoms with Crippen LogP contribution in [-0.4, -0.2) is 32.4 Å². The van der Waals surface area contributed by atoms with Gasteiger partial charge in [-0.25, -0.2) is 8.42 Å². The van der Waals surface area contributed by atoms with Crippen molar-refractivity contribution in [2.45, 2.75) is 31.6 Å². The number of benzene rings is 1. The molecule has 1 fully saturated rings. The predicted molar refractivity (Wildman–Crippen MR) is 70.3 cm³/mol. The van der Waals surface area contributed by atoms with Crippen LogP contribution in [-0.2, 0) is 10.0 Å². The lowest BCUT2D eigenvalue weighted by Crippen LogP contribution is -2.28. The molecule has 0 atom stereocenters. The SMILES string of the molecule is CCOc1ccc(S(=O)(=O)N2CCCC2)c(C)c1. The molecule has 0 aliphatic carbocycles. The number of sulfonamides is 1. The fourth-order valence-corrected chi connectivity index (χ4v) is 3.96. The molecule has 0 saturated carbocycles. The zero-order valence-electron chi connectivity index (χ0n) is 10.8. The highest BCUT2D eigenvalue weighted by Gasteiger charge is 2.28. The molecule has 0 radical (unpaired) electrons. The van der Waals surface area contributed by atoms with E-state index in [1.165, 1.54) is 0 Å². The number of rotatable bonds is 4. The third kappa shape index (κ3) is 2.52. The molecule has 100 valence electrons. The lowest BCUT2D eigenvalue weighted by Gasteiger charge is -2.17. The van der Waals surface area contributed by atoms with E-state index < -0.39 is 10.0 Å². The predicted octanol–water partition coefficient (Wildman–Crippen LogP) is 2.18. The average Bonchev–Trinajstić information content (AvgIpc) is 2.83. The maximum absolute atomic E-state index is 12.4. The van der Waals surface area contributed by atoms with E-state index in [4.69, 9.17) is 4.74 Å². The van der Waals surface area contributed by atoms with Gasteiger partial charge < -0.3 is 4.74 Å². The molecule has 1 heterocycles. The first-order valence-electron chi connectivity index (χ1n) is 6.29. The second kappa shape index (κ2) is 5.28. The van der Waals surface area contributed by atoms with Gasteiger partial charge in [-0.05, 0) is 50.5 Å². The van der Waals surface area contributed by atoms with Crippen molar-refractivity contribution >= 4 is 10.0 Å². The Bertz CT molecular complexity index is 519. The summed E-state index contributed by atoms with van der Waals surface area (Å²) in [6.07, 6.45) is 1.91. The van der Waals surface area contributed by atoms with E-state index in [1.54, 1.807) is 22.5 Å². The summed E-state index contributed by atoms with van der Waals surface area (Å²) in [5, 5.41) is 0. The van der Waals surface area contributed by atoms with Crippen LogP contribution in [0.15, 0.2) is 23.1 Å². The van der Waals surface area contributed by atoms with Crippen LogP contribution in [0.4, 0.5) is 0 Å². The zero-order chi connectivity index (χ0) is 13.2. The maximum atomic E-state index is 12.4. The van der Waals surface area contributed by atoms with Gasteiger partial charge in [0, 0.05) is 13.1 Å². The summed E-state index contributed by atoms with van der Waals surface area (Å²) in [6, 6.07) is 5.15. The van der Waals surface area contributed by atoms with E-state index in [0.717, 1.165) is 24.2 Å². The van der Waals surface area contributed by atoms with Crippen molar-refractivity contribution in [2.75, 3.05) is 19.7 Å². The summed E-state index contributed by atoms with van der Waals surface area (Å²) in [7, 11) is -3.32. The quantitative estimate of drug-likeness (QED) is 0.841. The second-order valence-electron chi connectivity index (χ2n) is 4.47. The van der Waals surface area contributed by atoms with Gasteiger partial charge in [0.25, 0.3) is 0 Å². The number of nitrogens with zero attached hydrogens (tertiary/aromatic N) is 1. The molecule has 2 rings (SSSR count). The van der Waals surface area contributed by atoms with Crippen LogP contribution >= 0.6 is 0 Å². The minimum Gasteiger partial charge on any atom is -0.494 e. The fraction of sp³-hybridized carbons (Fsp3) is 0.538. The van der Waals surface area contributed by atoms with E-state index in [1.807, 2.05) is 13.8 Å². The third-order valence-corrected chi connectivity index (χ3v) is 5.20. The van der Waals surface area contributed by atoms with Crippen molar-refractivity contribution in [3.05, 3.63) is 23.8 Å². The summed E-state index contributed by atoms with van der Waals surface area (Å²) in [5.41, 5.74) is 0.743. The van der Waals surface area contributed by atoms with Gasteiger partial charge in [0.2, 0.25) is 10.0 Å². The summed E-state index contributed by atoms with van der Waals surface area (Å²) in [5.74, 6) is 0.718. The molecule has 0 N–H and O–H groups in total. The first-order chi connectivity index (χ1) is 8.55. The van der Waals surface area contributed by atoms with Crippen LogP contribution in [0.25, 0.3) is 0 Å². The second-order valence-corrected chi connectivity index (χ2v) is 6.38. The van der Waals surface area contributed by atoms with Crippen molar-refractivity contribution in [1.29, 1.82) is 0 Å². The molecule has 1 aromatic rings. The number of hydrogen-bond acceptors (Lipinski definition) is 3. The van der Waals surface area contributed by atoms with Crippen molar-refractivity contribution in [3.63, 3.8) is 0 Å². The third-order valence-electron chi connectivity index (χ3n) is 3.14. The van der Waals surface area contributed by atoms with Crippen molar-refractivity contribution < 1.29 is 13.2 Å². The highest BCUT2D eigenvalue weighted by molar-refractivity contribution is 7.89. The maximum Gasteiger partial charge on any atom is 0.243 e. The van der Waals surface area contributed by atoms with Gasteiger partial charge in [-0.2, -0.15) is 4.31 Å². The van der Waals surface area contributed by atoms with E-state index in [-0.39, 0.29) is 0 Å². The molecule has 0 unspecified atom stereocenters. The normalized spacial score (nSPS) is 17.0. The van der Waals surface area contributed by atoms with Crippen LogP contribution in [0, 0.1) is 6.92 Å². The van der Waals surface area contributed by atoms with Crippen molar-refractivity contribution in [3.8, 4) is 5.75 Å². The average molecular weight is 269 g/mol. The Kier molecular flexibility index (Phi) is 3.92. The Morgan fingerprint density at radius 3 is 2.50 bits per heavy atom. The minimum atomic E-state index is -3.32. The number of aryl methyl sites for hydroxylation is 1. The number of hydrogen-bond donors (Lipinski definition) is 0. The Hall–Kier alpha value is -1.07. The Morgan fingerprint density at radius 1 is 1.28 bits per heavy atom. The monoisotopic (exact) mass is 269 g/mol. The highest BCUT2D eigenvalue weighted by Crippen LogP contribution is 2.26. The molecule has 0 amide bonds. The van der Waals surface area contributed by atoms with Crippen LogP contribution in [0.2, 0.25) is 0 Å². The smallest absolute Gasteiger partial charge is 0.243 e. The lowest BCUT2D eigenvalue weighted by atomic mass is 10.2. The fourth-order valence-electron chi connectivity index (χ4n) is 2.24. The summed E-state index contributed by atoms with van der Waals surface area (Å²) < 4.78 is 31.8. The lowest BCUT2D eigenvalue weighted by molar-refractivity contribution is 0.339. The molecule has 1 aliphatic rings. The van der Waals surface area contributed by atoms with Crippen molar-refractivity contribution in [1.82, 2.24) is 4.31 Å². The Balaban J connectivity index is 2.32. The molecule has 1 aromatic carbocycles. The number of ether oxygens (including phenoxy) is 1. The molecule has 0 spiro atoms. The molecule has 0 bridgehead atoms. The zero-order valence-corrected chi connectivity index (χ0v) is 11.7. The summed E-state index contributed by atoms with van der Waals surface area (Å²) in [6.45, 7) is 5.57. The molecule has 18 heavy (non-hydrogen) atoms. The van der Waals surface area contributed by atoms with Gasteiger partial charge in [-0.1, -0.05) is 0 Å². The van der Waals surface area contributed by atoms with Gasteiger partial charge >= 0.3 is 0 Å². The first-order valence-corrected chi connectivity index (χ1v) is 7.73.